The van der Waals surface area contributed by atoms with Crippen molar-refractivity contribution >= 4 is 0 Å². The predicted octanol–water partition coefficient (Wildman–Crippen LogP) is 3.30. The molecule has 2 saturated carbocycles. The molecule has 3 fully saturated rings. The Morgan fingerprint density at radius 3 is 1.38 bits per heavy atom. The molecule has 0 bridgehead atoms. The lowest BCUT2D eigenvalue weighted by atomic mass is 9.64. The van der Waals surface area contributed by atoms with Crippen LogP contribution >= 0.6 is 0 Å². The predicted molar refractivity (Wildman–Crippen MR) is 59.0 cm³/mol. The summed E-state index contributed by atoms with van der Waals surface area (Å²) in [5, 5.41) is 0. The number of hydrogen-bond donors (Lipinski definition) is 0. The summed E-state index contributed by atoms with van der Waals surface area (Å²) in [6, 6.07) is 0. The average Bonchev–Trinajstić information content (AvgIpc) is 2.84. The zero-order valence-corrected chi connectivity index (χ0v) is 9.60. The Labute approximate surface area is 83.5 Å². The smallest absolute Gasteiger partial charge is 0.00474 e. The van der Waals surface area contributed by atoms with Crippen LogP contribution in [0.4, 0.5) is 0 Å². The van der Waals surface area contributed by atoms with E-state index < -0.39 is 0 Å². The lowest BCUT2D eigenvalue weighted by Crippen LogP contribution is -2.57. The lowest BCUT2D eigenvalue weighted by molar-refractivity contribution is -0.0436. The molecule has 0 unspecified atom stereocenters. The van der Waals surface area contributed by atoms with Crippen LogP contribution in [0.5, 0.6) is 0 Å². The number of hydrogen-bond acceptors (Lipinski definition) is 1. The van der Waals surface area contributed by atoms with Gasteiger partial charge in [0.15, 0.2) is 0 Å². The minimum absolute atomic E-state index is 0.842. The van der Waals surface area contributed by atoms with E-state index in [2.05, 4.69) is 11.9 Å². The molecule has 3 aliphatic rings. The van der Waals surface area contributed by atoms with Gasteiger partial charge in [-0.15, -0.1) is 0 Å². The van der Waals surface area contributed by atoms with E-state index >= 15 is 0 Å². The average molecular weight is 183 g/mol. The highest BCUT2D eigenvalue weighted by Gasteiger charge is 2.45. The summed E-state index contributed by atoms with van der Waals surface area (Å²) in [6.45, 7) is 6.76. The van der Waals surface area contributed by atoms with Crippen LogP contribution in [0.15, 0.2) is 0 Å². The molecule has 1 saturated heterocycles. The number of likely N-dealkylation sites (tertiary alicyclic amines) is 1. The Hall–Kier alpha value is -0.0400. The Morgan fingerprint density at radius 1 is 0.846 bits per heavy atom. The third-order valence-electron chi connectivity index (χ3n) is 2.98. The molecule has 1 heteroatoms. The fourth-order valence-electron chi connectivity index (χ4n) is 2.09. The minimum atomic E-state index is 0.842. The van der Waals surface area contributed by atoms with Crippen LogP contribution in [0.25, 0.3) is 0 Å². The molecule has 0 aromatic rings. The van der Waals surface area contributed by atoms with E-state index in [-0.39, 0.29) is 0 Å². The lowest BCUT2D eigenvalue weighted by Gasteiger charge is -2.54. The largest absolute Gasteiger partial charge is 0.305 e. The molecule has 0 amide bonds. The Kier molecular flexibility index (Phi) is 4.24. The van der Waals surface area contributed by atoms with Crippen molar-refractivity contribution in [3.63, 3.8) is 0 Å². The molecule has 2 aliphatic carbocycles. The molecule has 0 aromatic carbocycles. The van der Waals surface area contributed by atoms with Crippen molar-refractivity contribution in [3.05, 3.63) is 0 Å². The molecule has 3 rings (SSSR count). The zero-order chi connectivity index (χ0) is 9.73. The van der Waals surface area contributed by atoms with Crippen molar-refractivity contribution in [2.75, 3.05) is 20.1 Å². The molecule has 13 heavy (non-hydrogen) atoms. The third-order valence-corrected chi connectivity index (χ3v) is 2.98. The highest BCUT2D eigenvalue weighted by atomic mass is 15.2. The zero-order valence-electron chi connectivity index (χ0n) is 9.60. The van der Waals surface area contributed by atoms with Crippen LogP contribution in [0.1, 0.15) is 52.4 Å². The molecular weight excluding hydrogens is 158 g/mol. The highest BCUT2D eigenvalue weighted by Crippen LogP contribution is 2.47. The second-order valence-electron chi connectivity index (χ2n) is 4.59. The van der Waals surface area contributed by atoms with Gasteiger partial charge in [-0.1, -0.05) is 39.5 Å². The second kappa shape index (κ2) is 4.99. The summed E-state index contributed by atoms with van der Waals surface area (Å²) in [4.78, 5) is 2.42. The topological polar surface area (TPSA) is 3.24 Å². The minimum Gasteiger partial charge on any atom is -0.305 e. The normalized spacial score (nSPS) is 27.0. The Morgan fingerprint density at radius 2 is 1.31 bits per heavy atom. The Bertz CT molecular complexity index is 125. The van der Waals surface area contributed by atoms with Crippen molar-refractivity contribution in [3.8, 4) is 0 Å². The van der Waals surface area contributed by atoms with Crippen LogP contribution in [-0.4, -0.2) is 25.0 Å². The summed E-state index contributed by atoms with van der Waals surface area (Å²) >= 11 is 0. The van der Waals surface area contributed by atoms with Gasteiger partial charge in [0.05, 0.1) is 0 Å². The van der Waals surface area contributed by atoms with Gasteiger partial charge in [-0.3, -0.25) is 0 Å². The Balaban J connectivity index is 0.000000142. The van der Waals surface area contributed by atoms with Crippen LogP contribution in [-0.2, 0) is 0 Å². The monoisotopic (exact) mass is 183 g/mol. The van der Waals surface area contributed by atoms with Gasteiger partial charge in [0.25, 0.3) is 0 Å². The standard InChI is InChI=1S/C7H13N.C3H6.C2H6/c1-8-5-7(6-8)3-2-4-7;1-2-3-1;1-2/h2-6H2,1H3;1-3H2;1-2H3. The van der Waals surface area contributed by atoms with E-state index in [1.165, 1.54) is 51.6 Å². The summed E-state index contributed by atoms with van der Waals surface area (Å²) < 4.78 is 0. The first-order valence-corrected chi connectivity index (χ1v) is 5.99. The van der Waals surface area contributed by atoms with E-state index in [0.717, 1.165) is 5.41 Å². The van der Waals surface area contributed by atoms with Gasteiger partial charge in [-0.2, -0.15) is 0 Å². The summed E-state index contributed by atoms with van der Waals surface area (Å²) in [5.74, 6) is 0. The van der Waals surface area contributed by atoms with E-state index in [1.807, 2.05) is 13.8 Å². The van der Waals surface area contributed by atoms with Gasteiger partial charge in [0.1, 0.15) is 0 Å². The van der Waals surface area contributed by atoms with E-state index in [4.69, 9.17) is 0 Å². The van der Waals surface area contributed by atoms with Crippen molar-refractivity contribution in [1.82, 2.24) is 4.90 Å². The molecule has 1 aliphatic heterocycles. The summed E-state index contributed by atoms with van der Waals surface area (Å²) in [7, 11) is 2.21. The molecule has 0 radical (unpaired) electrons. The maximum atomic E-state index is 2.42. The quantitative estimate of drug-likeness (QED) is 0.557. The van der Waals surface area contributed by atoms with Crippen LogP contribution in [0, 0.1) is 5.41 Å². The van der Waals surface area contributed by atoms with Gasteiger partial charge in [-0.05, 0) is 25.3 Å². The SMILES string of the molecule is C1CC1.CC.CN1CC2(CCC2)C1. The van der Waals surface area contributed by atoms with Crippen molar-refractivity contribution < 1.29 is 0 Å². The van der Waals surface area contributed by atoms with Crippen LogP contribution in [0.2, 0.25) is 0 Å². The van der Waals surface area contributed by atoms with E-state index in [1.54, 1.807) is 0 Å². The van der Waals surface area contributed by atoms with E-state index in [9.17, 15) is 0 Å². The van der Waals surface area contributed by atoms with Crippen molar-refractivity contribution in [2.45, 2.75) is 52.4 Å². The first-order chi connectivity index (χ1) is 6.31. The van der Waals surface area contributed by atoms with Gasteiger partial charge >= 0.3 is 0 Å². The molecule has 0 aromatic heterocycles. The van der Waals surface area contributed by atoms with Gasteiger partial charge in [0.2, 0.25) is 0 Å². The maximum Gasteiger partial charge on any atom is 0.00474 e. The second-order valence-corrected chi connectivity index (χ2v) is 4.59. The number of rotatable bonds is 0. The molecule has 0 N–H and O–H groups in total. The molecule has 1 spiro atoms. The maximum absolute atomic E-state index is 2.42. The van der Waals surface area contributed by atoms with Crippen molar-refractivity contribution in [1.29, 1.82) is 0 Å². The summed E-state index contributed by atoms with van der Waals surface area (Å²) in [6.07, 6.45) is 9.02. The van der Waals surface area contributed by atoms with Gasteiger partial charge in [-0.25, -0.2) is 0 Å². The fourth-order valence-corrected chi connectivity index (χ4v) is 2.09. The highest BCUT2D eigenvalue weighted by molar-refractivity contribution is 4.98. The third kappa shape index (κ3) is 3.30. The first kappa shape index (κ1) is 11.0. The van der Waals surface area contributed by atoms with Crippen molar-refractivity contribution in [2.24, 2.45) is 5.41 Å². The summed E-state index contributed by atoms with van der Waals surface area (Å²) in [5.41, 5.74) is 0.842. The number of nitrogens with zero attached hydrogens (tertiary/aromatic N) is 1. The first-order valence-electron chi connectivity index (χ1n) is 5.99. The van der Waals surface area contributed by atoms with Gasteiger partial charge in [0, 0.05) is 13.1 Å². The molecular formula is C12H25N. The molecule has 78 valence electrons. The molecule has 1 nitrogen and oxygen atoms in total. The fraction of sp³-hybridized carbons (Fsp3) is 1.00. The molecule has 0 atom stereocenters. The van der Waals surface area contributed by atoms with Gasteiger partial charge < -0.3 is 4.90 Å². The molecule has 1 heterocycles. The van der Waals surface area contributed by atoms with E-state index in [0.29, 0.717) is 0 Å². The van der Waals surface area contributed by atoms with Crippen LogP contribution in [0.3, 0.4) is 0 Å². The van der Waals surface area contributed by atoms with Crippen LogP contribution < -0.4 is 0 Å².